The fraction of sp³-hybridized carbons (Fsp3) is 0.316. The van der Waals surface area contributed by atoms with Gasteiger partial charge in [-0.3, -0.25) is 5.10 Å². The fourth-order valence-corrected chi connectivity index (χ4v) is 3.39. The fourth-order valence-electron chi connectivity index (χ4n) is 3.39. The molecule has 2 heterocycles. The molecule has 2 aromatic carbocycles. The van der Waals surface area contributed by atoms with Crippen LogP contribution in [0.1, 0.15) is 12.8 Å². The number of anilines is 2. The largest absolute Gasteiger partial charge is 0.497 e. The lowest BCUT2D eigenvalue weighted by Crippen LogP contribution is -2.42. The molecular weight excluding hydrogens is 300 g/mol. The quantitative estimate of drug-likeness (QED) is 0.770. The Morgan fingerprint density at radius 1 is 1.21 bits per heavy atom. The maximum Gasteiger partial charge on any atom is 0.119 e. The number of aromatic amines is 1. The van der Waals surface area contributed by atoms with Gasteiger partial charge in [-0.1, -0.05) is 0 Å². The number of rotatable bonds is 4. The first-order valence-corrected chi connectivity index (χ1v) is 8.40. The van der Waals surface area contributed by atoms with Gasteiger partial charge in [0, 0.05) is 35.9 Å². The summed E-state index contributed by atoms with van der Waals surface area (Å²) in [6.07, 6.45) is 4.25. The van der Waals surface area contributed by atoms with Crippen LogP contribution in [0.3, 0.4) is 0 Å². The second kappa shape index (κ2) is 6.43. The van der Waals surface area contributed by atoms with Gasteiger partial charge in [0.05, 0.1) is 18.8 Å². The number of nitrogens with one attached hydrogen (secondary N) is 2. The zero-order chi connectivity index (χ0) is 16.4. The summed E-state index contributed by atoms with van der Waals surface area (Å²) in [5, 5.41) is 11.9. The maximum absolute atomic E-state index is 5.25. The predicted molar refractivity (Wildman–Crippen MR) is 97.9 cm³/mol. The highest BCUT2D eigenvalue weighted by molar-refractivity contribution is 5.81. The molecule has 1 aliphatic rings. The lowest BCUT2D eigenvalue weighted by molar-refractivity contribution is 0.414. The molecule has 0 amide bonds. The van der Waals surface area contributed by atoms with Crippen molar-refractivity contribution in [2.24, 2.45) is 0 Å². The van der Waals surface area contributed by atoms with Gasteiger partial charge >= 0.3 is 0 Å². The summed E-state index contributed by atoms with van der Waals surface area (Å²) in [5.74, 6) is 0.902. The highest BCUT2D eigenvalue weighted by Crippen LogP contribution is 2.25. The topological polar surface area (TPSA) is 53.2 Å². The maximum atomic E-state index is 5.25. The van der Waals surface area contributed by atoms with E-state index in [1.807, 2.05) is 18.3 Å². The molecule has 0 bridgehead atoms. The van der Waals surface area contributed by atoms with Crippen LogP contribution in [0.15, 0.2) is 48.7 Å². The standard InChI is InChI=1S/C19H22N4O/c1-24-18-7-5-17(6-8-18)23-10-2-3-16(13-23)21-15-4-9-19-14(11-15)12-20-22-19/h4-9,11-12,16,21H,2-3,10,13H2,1H3,(H,20,22). The molecule has 1 atom stereocenters. The number of piperidine rings is 1. The van der Waals surface area contributed by atoms with E-state index in [1.165, 1.54) is 18.5 Å². The third-order valence-corrected chi connectivity index (χ3v) is 4.67. The first-order valence-electron chi connectivity index (χ1n) is 8.40. The number of nitrogens with zero attached hydrogens (tertiary/aromatic N) is 2. The average Bonchev–Trinajstić information content (AvgIpc) is 3.10. The third kappa shape index (κ3) is 3.02. The molecule has 24 heavy (non-hydrogen) atoms. The molecule has 1 saturated heterocycles. The molecular formula is C19H22N4O. The van der Waals surface area contributed by atoms with Gasteiger partial charge in [0.2, 0.25) is 0 Å². The Labute approximate surface area is 141 Å². The number of hydrogen-bond acceptors (Lipinski definition) is 4. The molecule has 0 aliphatic carbocycles. The van der Waals surface area contributed by atoms with E-state index < -0.39 is 0 Å². The highest BCUT2D eigenvalue weighted by Gasteiger charge is 2.20. The van der Waals surface area contributed by atoms with Crippen molar-refractivity contribution in [3.63, 3.8) is 0 Å². The second-order valence-corrected chi connectivity index (χ2v) is 6.30. The summed E-state index contributed by atoms with van der Waals surface area (Å²) in [6, 6.07) is 15.1. The van der Waals surface area contributed by atoms with E-state index in [1.54, 1.807) is 7.11 Å². The molecule has 4 rings (SSSR count). The first kappa shape index (κ1) is 14.9. The number of methoxy groups -OCH3 is 1. The molecule has 0 radical (unpaired) electrons. The van der Waals surface area contributed by atoms with E-state index in [9.17, 15) is 0 Å². The summed E-state index contributed by atoms with van der Waals surface area (Å²) in [5.41, 5.74) is 3.49. The van der Waals surface area contributed by atoms with E-state index in [4.69, 9.17) is 4.74 Å². The number of ether oxygens (including phenoxy) is 1. The summed E-state index contributed by atoms with van der Waals surface area (Å²) < 4.78 is 5.25. The van der Waals surface area contributed by atoms with Gasteiger partial charge in [-0.15, -0.1) is 0 Å². The SMILES string of the molecule is COc1ccc(N2CCCC(Nc3ccc4[nH]ncc4c3)C2)cc1. The Kier molecular flexibility index (Phi) is 3.99. The van der Waals surface area contributed by atoms with Gasteiger partial charge in [-0.2, -0.15) is 5.10 Å². The van der Waals surface area contributed by atoms with Gasteiger partial charge in [0.25, 0.3) is 0 Å². The Bertz CT molecular complexity index is 812. The molecule has 0 spiro atoms. The van der Waals surface area contributed by atoms with E-state index in [0.29, 0.717) is 6.04 Å². The van der Waals surface area contributed by atoms with Crippen molar-refractivity contribution in [1.29, 1.82) is 0 Å². The van der Waals surface area contributed by atoms with Crippen molar-refractivity contribution in [2.45, 2.75) is 18.9 Å². The van der Waals surface area contributed by atoms with E-state index >= 15 is 0 Å². The molecule has 124 valence electrons. The Hall–Kier alpha value is -2.69. The van der Waals surface area contributed by atoms with Crippen LogP contribution in [0, 0.1) is 0 Å². The number of H-pyrrole nitrogens is 1. The van der Waals surface area contributed by atoms with Crippen molar-refractivity contribution < 1.29 is 4.74 Å². The smallest absolute Gasteiger partial charge is 0.119 e. The van der Waals surface area contributed by atoms with Crippen LogP contribution < -0.4 is 15.0 Å². The first-order chi connectivity index (χ1) is 11.8. The van der Waals surface area contributed by atoms with Gasteiger partial charge in [0.15, 0.2) is 0 Å². The average molecular weight is 322 g/mol. The monoisotopic (exact) mass is 322 g/mol. The highest BCUT2D eigenvalue weighted by atomic mass is 16.5. The Morgan fingerprint density at radius 2 is 2.08 bits per heavy atom. The van der Waals surface area contributed by atoms with Crippen molar-refractivity contribution in [3.05, 3.63) is 48.7 Å². The molecule has 3 aromatic rings. The number of benzene rings is 2. The zero-order valence-electron chi connectivity index (χ0n) is 13.8. The zero-order valence-corrected chi connectivity index (χ0v) is 13.8. The molecule has 1 aliphatic heterocycles. The number of aromatic nitrogens is 2. The van der Waals surface area contributed by atoms with Crippen LogP contribution in [-0.2, 0) is 0 Å². The van der Waals surface area contributed by atoms with Gasteiger partial charge in [0.1, 0.15) is 5.75 Å². The van der Waals surface area contributed by atoms with Crippen molar-refractivity contribution in [2.75, 3.05) is 30.4 Å². The van der Waals surface area contributed by atoms with Crippen molar-refractivity contribution in [3.8, 4) is 5.75 Å². The van der Waals surface area contributed by atoms with E-state index in [0.717, 1.165) is 35.4 Å². The predicted octanol–water partition coefficient (Wildman–Crippen LogP) is 3.65. The van der Waals surface area contributed by atoms with Gasteiger partial charge in [-0.25, -0.2) is 0 Å². The summed E-state index contributed by atoms with van der Waals surface area (Å²) in [4.78, 5) is 2.44. The normalized spacial score (nSPS) is 17.9. The number of hydrogen-bond donors (Lipinski definition) is 2. The third-order valence-electron chi connectivity index (χ3n) is 4.67. The second-order valence-electron chi connectivity index (χ2n) is 6.30. The molecule has 2 N–H and O–H groups in total. The van der Waals surface area contributed by atoms with Crippen LogP contribution in [0.4, 0.5) is 11.4 Å². The summed E-state index contributed by atoms with van der Waals surface area (Å²) in [6.45, 7) is 2.11. The Balaban J connectivity index is 1.45. The Morgan fingerprint density at radius 3 is 2.92 bits per heavy atom. The molecule has 1 aromatic heterocycles. The van der Waals surface area contributed by atoms with E-state index in [2.05, 4.69) is 50.7 Å². The van der Waals surface area contributed by atoms with E-state index in [-0.39, 0.29) is 0 Å². The van der Waals surface area contributed by atoms with Crippen molar-refractivity contribution in [1.82, 2.24) is 10.2 Å². The lowest BCUT2D eigenvalue weighted by atomic mass is 10.0. The minimum atomic E-state index is 0.449. The minimum Gasteiger partial charge on any atom is -0.497 e. The molecule has 5 nitrogen and oxygen atoms in total. The summed E-state index contributed by atoms with van der Waals surface area (Å²) >= 11 is 0. The van der Waals surface area contributed by atoms with Crippen LogP contribution in [0.5, 0.6) is 5.75 Å². The van der Waals surface area contributed by atoms with Crippen LogP contribution in [0.2, 0.25) is 0 Å². The van der Waals surface area contributed by atoms with Crippen LogP contribution in [-0.4, -0.2) is 36.4 Å². The summed E-state index contributed by atoms with van der Waals surface area (Å²) in [7, 11) is 1.70. The molecule has 1 fully saturated rings. The molecule has 1 unspecified atom stereocenters. The molecule has 0 saturated carbocycles. The number of fused-ring (bicyclic) bond motifs is 1. The van der Waals surface area contributed by atoms with Crippen LogP contribution >= 0.6 is 0 Å². The van der Waals surface area contributed by atoms with Gasteiger partial charge < -0.3 is 15.0 Å². The minimum absolute atomic E-state index is 0.449. The lowest BCUT2D eigenvalue weighted by Gasteiger charge is -2.35. The van der Waals surface area contributed by atoms with Crippen LogP contribution in [0.25, 0.3) is 10.9 Å². The van der Waals surface area contributed by atoms with Crippen molar-refractivity contribution >= 4 is 22.3 Å². The van der Waals surface area contributed by atoms with Gasteiger partial charge in [-0.05, 0) is 55.3 Å². The molecule has 5 heteroatoms.